The highest BCUT2D eigenvalue weighted by Crippen LogP contribution is 2.42. The summed E-state index contributed by atoms with van der Waals surface area (Å²) in [4.78, 5) is 7.49. The molecule has 0 saturated carbocycles. The van der Waals surface area contributed by atoms with Crippen molar-refractivity contribution in [1.82, 2.24) is 9.56 Å². The minimum atomic E-state index is 0.881. The van der Waals surface area contributed by atoms with E-state index < -0.39 is 0 Å². The summed E-state index contributed by atoms with van der Waals surface area (Å²) < 4.78 is 8.91. The minimum Gasteiger partial charge on any atom is -0.452 e. The molecule has 2 aliphatic rings. The second-order valence-electron chi connectivity index (χ2n) is 9.42. The Balaban J connectivity index is 2.39. The van der Waals surface area contributed by atoms with E-state index in [2.05, 4.69) is 92.2 Å². The van der Waals surface area contributed by atoms with E-state index in [1.165, 1.54) is 49.6 Å². The quantitative estimate of drug-likeness (QED) is 0.238. The number of hydrogen-bond donors (Lipinski definition) is 0. The number of hydrogen-bond acceptors (Lipinski definition) is 3. The maximum absolute atomic E-state index is 6.74. The second kappa shape index (κ2) is 7.08. The van der Waals surface area contributed by atoms with Crippen LogP contribution in [0, 0.1) is 48.5 Å². The van der Waals surface area contributed by atoms with Crippen LogP contribution in [0.4, 0.5) is 5.69 Å². The molecule has 0 atom stereocenters. The van der Waals surface area contributed by atoms with Gasteiger partial charge >= 0.3 is 0 Å². The maximum Gasteiger partial charge on any atom is 0.209 e. The summed E-state index contributed by atoms with van der Waals surface area (Å²) in [6.07, 6.45) is 0. The van der Waals surface area contributed by atoms with Crippen LogP contribution in [-0.2, 0) is 0 Å². The van der Waals surface area contributed by atoms with Gasteiger partial charge in [-0.25, -0.2) is 9.56 Å². The van der Waals surface area contributed by atoms with Crippen molar-refractivity contribution in [1.29, 1.82) is 0 Å². The molecule has 1 heterocycles. The molecule has 2 aromatic carbocycles. The van der Waals surface area contributed by atoms with Gasteiger partial charge in [0.2, 0.25) is 5.36 Å². The monoisotopic (exact) mass is 416 g/mol. The van der Waals surface area contributed by atoms with Crippen molar-refractivity contribution in [2.45, 2.75) is 48.5 Å². The summed E-state index contributed by atoms with van der Waals surface area (Å²) >= 11 is 0. The van der Waals surface area contributed by atoms with Crippen LogP contribution in [0.5, 0.6) is 0 Å². The van der Waals surface area contributed by atoms with Crippen LogP contribution in [0.3, 0.4) is 0 Å². The van der Waals surface area contributed by atoms with Crippen LogP contribution >= 0.6 is 0 Å². The van der Waals surface area contributed by atoms with E-state index in [9.17, 15) is 0 Å². The topological polar surface area (TPSA) is 32.3 Å². The zero-order chi connectivity index (χ0) is 22.9. The average Bonchev–Trinajstić information content (AvgIpc) is 2.69. The van der Waals surface area contributed by atoms with E-state index >= 15 is 0 Å². The second-order valence-corrected chi connectivity index (χ2v) is 9.42. The number of fused-ring (bicyclic) bond motifs is 4. The van der Waals surface area contributed by atoms with Crippen molar-refractivity contribution in [2.24, 2.45) is 0 Å². The molecule has 1 aliphatic carbocycles. The highest BCUT2D eigenvalue weighted by Gasteiger charge is 2.26. The van der Waals surface area contributed by atoms with E-state index in [1.807, 2.05) is 0 Å². The molecule has 4 nitrogen and oxygen atoms in total. The van der Waals surface area contributed by atoms with Crippen molar-refractivity contribution in [3.8, 4) is 11.5 Å². The summed E-state index contributed by atoms with van der Waals surface area (Å²) in [5.41, 5.74) is 12.6. The average molecular weight is 417 g/mol. The molecule has 0 fully saturated rings. The first-order valence-electron chi connectivity index (χ1n) is 10.9. The van der Waals surface area contributed by atoms with Crippen LogP contribution < -0.4 is 14.8 Å². The summed E-state index contributed by atoms with van der Waals surface area (Å²) in [5.74, 6) is 0.882. The van der Waals surface area contributed by atoms with Gasteiger partial charge in [-0.05, 0) is 76.8 Å². The molecule has 4 rings (SSSR count). The number of benzene rings is 3. The first-order chi connectivity index (χ1) is 14.5. The summed E-state index contributed by atoms with van der Waals surface area (Å²) in [6.45, 7) is 15.2. The molecule has 0 amide bonds. The molecule has 0 bridgehead atoms. The molecule has 31 heavy (non-hydrogen) atoms. The van der Waals surface area contributed by atoms with Crippen molar-refractivity contribution in [2.75, 3.05) is 33.1 Å². The summed E-state index contributed by atoms with van der Waals surface area (Å²) in [5, 5.41) is 3.65. The SMILES string of the molecule is Cc1cc2c(N(C)C)c(C)c3oc4c(C)c(=[N+](C)C)c(C)c(C)c-4nc3c2c(C)c1C. The van der Waals surface area contributed by atoms with Crippen LogP contribution in [0.25, 0.3) is 33.3 Å². The molecule has 162 valence electrons. The molecule has 0 spiro atoms. The van der Waals surface area contributed by atoms with Crippen LogP contribution in [0.2, 0.25) is 0 Å². The molecule has 4 heteroatoms. The number of rotatable bonds is 1. The first kappa shape index (κ1) is 21.4. The Morgan fingerprint density at radius 2 is 1.45 bits per heavy atom. The Hall–Kier alpha value is -2.88. The molecule has 1 aliphatic heterocycles. The molecule has 0 radical (unpaired) electrons. The third kappa shape index (κ3) is 2.88. The molecule has 2 aromatic rings. The fourth-order valence-corrected chi connectivity index (χ4v) is 5.22. The fraction of sp³-hybridized carbons (Fsp3) is 0.407. The van der Waals surface area contributed by atoms with Gasteiger partial charge in [0.25, 0.3) is 0 Å². The van der Waals surface area contributed by atoms with Gasteiger partial charge in [-0.1, -0.05) is 0 Å². The maximum atomic E-state index is 6.74. The lowest BCUT2D eigenvalue weighted by molar-refractivity contribution is 0.601. The largest absolute Gasteiger partial charge is 0.452 e. The Morgan fingerprint density at radius 3 is 2.03 bits per heavy atom. The highest BCUT2D eigenvalue weighted by atomic mass is 16.3. The Labute approximate surface area is 185 Å². The van der Waals surface area contributed by atoms with E-state index in [-0.39, 0.29) is 0 Å². The van der Waals surface area contributed by atoms with Crippen LogP contribution in [-0.4, -0.2) is 33.2 Å². The third-order valence-corrected chi connectivity index (χ3v) is 7.07. The van der Waals surface area contributed by atoms with Gasteiger partial charge in [-0.15, -0.1) is 0 Å². The van der Waals surface area contributed by atoms with Gasteiger partial charge in [0.05, 0.1) is 11.3 Å². The minimum absolute atomic E-state index is 0.881. The summed E-state index contributed by atoms with van der Waals surface area (Å²) in [6, 6.07) is 2.31. The van der Waals surface area contributed by atoms with Crippen molar-refractivity contribution in [3.05, 3.63) is 50.4 Å². The lowest BCUT2D eigenvalue weighted by Gasteiger charge is -2.24. The van der Waals surface area contributed by atoms with Gasteiger partial charge in [0.15, 0.2) is 11.3 Å². The molecule has 0 aromatic heterocycles. The lowest BCUT2D eigenvalue weighted by atomic mass is 9.92. The highest BCUT2D eigenvalue weighted by molar-refractivity contribution is 6.14. The fourth-order valence-electron chi connectivity index (χ4n) is 5.22. The van der Waals surface area contributed by atoms with E-state index in [0.29, 0.717) is 0 Å². The van der Waals surface area contributed by atoms with Crippen molar-refractivity contribution >= 4 is 27.6 Å². The van der Waals surface area contributed by atoms with E-state index in [0.717, 1.165) is 33.7 Å². The molecular weight excluding hydrogens is 382 g/mol. The van der Waals surface area contributed by atoms with Crippen LogP contribution in [0.1, 0.15) is 38.9 Å². The number of nitrogens with zero attached hydrogens (tertiary/aromatic N) is 3. The standard InChI is InChI=1S/C27H34N3O/c1-13-12-20-21(15(3)14(13)2)23-27(19(7)25(20)30(10)11)31-26-18(6)24(29(8)9)17(5)16(4)22(26)28-23/h12H,1-11H3/q+1. The summed E-state index contributed by atoms with van der Waals surface area (Å²) in [7, 11) is 8.39. The molecule has 0 saturated heterocycles. The normalized spacial score (nSPS) is 11.7. The number of aromatic nitrogens is 1. The van der Waals surface area contributed by atoms with Gasteiger partial charge in [0.1, 0.15) is 25.3 Å². The van der Waals surface area contributed by atoms with E-state index in [4.69, 9.17) is 9.40 Å². The Morgan fingerprint density at radius 1 is 0.806 bits per heavy atom. The zero-order valence-corrected chi connectivity index (χ0v) is 20.8. The molecule has 0 N–H and O–H groups in total. The molecule has 0 unspecified atom stereocenters. The van der Waals surface area contributed by atoms with E-state index in [1.54, 1.807) is 0 Å². The van der Waals surface area contributed by atoms with Gasteiger partial charge < -0.3 is 9.32 Å². The lowest BCUT2D eigenvalue weighted by Crippen LogP contribution is -2.29. The van der Waals surface area contributed by atoms with Crippen LogP contribution in [0.15, 0.2) is 10.5 Å². The Bertz CT molecular complexity index is 1430. The number of anilines is 1. The smallest absolute Gasteiger partial charge is 0.209 e. The molecular formula is C27H34N3O+. The van der Waals surface area contributed by atoms with Crippen molar-refractivity contribution < 1.29 is 4.42 Å². The zero-order valence-electron chi connectivity index (χ0n) is 20.8. The van der Waals surface area contributed by atoms with Gasteiger partial charge in [-0.3, -0.25) is 0 Å². The number of aryl methyl sites for hydroxylation is 3. The Kier molecular flexibility index (Phi) is 4.88. The predicted octanol–water partition coefficient (Wildman–Crippen LogP) is 5.34. The van der Waals surface area contributed by atoms with Crippen molar-refractivity contribution in [3.63, 3.8) is 0 Å². The van der Waals surface area contributed by atoms with Gasteiger partial charge in [-0.2, -0.15) is 0 Å². The van der Waals surface area contributed by atoms with Gasteiger partial charge in [0, 0.05) is 36.0 Å². The third-order valence-electron chi connectivity index (χ3n) is 7.07. The first-order valence-corrected chi connectivity index (χ1v) is 10.9. The predicted molar refractivity (Wildman–Crippen MR) is 133 cm³/mol.